The topological polar surface area (TPSA) is 20.2 Å². The number of hydrogen-bond donors (Lipinski definition) is 1. The van der Waals surface area contributed by atoms with Crippen molar-refractivity contribution in [2.75, 3.05) is 19.6 Å². The molecule has 36 heavy (non-hydrogen) atoms. The highest BCUT2D eigenvalue weighted by molar-refractivity contribution is 4.51. The summed E-state index contributed by atoms with van der Waals surface area (Å²) < 4.78 is 0.316. The molecule has 2 heteroatoms. The molecule has 0 unspecified atom stereocenters. The Morgan fingerprint density at radius 3 is 0.694 bits per heavy atom. The molecule has 0 atom stereocenters. The van der Waals surface area contributed by atoms with Crippen molar-refractivity contribution in [2.24, 2.45) is 0 Å². The van der Waals surface area contributed by atoms with Gasteiger partial charge in [0.2, 0.25) is 0 Å². The fourth-order valence-electron chi connectivity index (χ4n) is 5.63. The van der Waals surface area contributed by atoms with Gasteiger partial charge in [-0.2, -0.15) is 4.65 Å². The minimum absolute atomic E-state index is 0.316. The van der Waals surface area contributed by atoms with Crippen molar-refractivity contribution in [3.8, 4) is 0 Å². The normalized spacial score (nSPS) is 12.0. The minimum atomic E-state index is 0.316. The molecular weight excluding hydrogens is 438 g/mol. The molecule has 0 heterocycles. The van der Waals surface area contributed by atoms with Gasteiger partial charge in [0.05, 0.1) is 0 Å². The number of quaternary nitrogens is 1. The standard InChI is InChI=1S/C34H72NO/c1-4-7-9-11-13-15-17-19-21-23-25-27-29-31-33-35(36,6-3)34-32-30-28-26-24-22-20-18-16-14-12-10-8-5-2/h36H,4-34H2,1-3H3/q+1. The van der Waals surface area contributed by atoms with Gasteiger partial charge in [-0.15, -0.1) is 0 Å². The summed E-state index contributed by atoms with van der Waals surface area (Å²) in [5.41, 5.74) is 0. The van der Waals surface area contributed by atoms with Crippen LogP contribution in [0.15, 0.2) is 0 Å². The van der Waals surface area contributed by atoms with Crippen LogP contribution in [0, 0.1) is 0 Å². The molecule has 0 fully saturated rings. The number of unbranched alkanes of at least 4 members (excludes halogenated alkanes) is 26. The Bertz CT molecular complexity index is 365. The van der Waals surface area contributed by atoms with Crippen molar-refractivity contribution in [1.82, 2.24) is 0 Å². The molecule has 0 spiro atoms. The van der Waals surface area contributed by atoms with E-state index in [2.05, 4.69) is 20.8 Å². The van der Waals surface area contributed by atoms with E-state index in [4.69, 9.17) is 0 Å². The maximum absolute atomic E-state index is 10.9. The van der Waals surface area contributed by atoms with Gasteiger partial charge < -0.3 is 0 Å². The van der Waals surface area contributed by atoms with E-state index in [0.717, 1.165) is 19.6 Å². The first kappa shape index (κ1) is 35.9. The number of hydrogen-bond acceptors (Lipinski definition) is 1. The van der Waals surface area contributed by atoms with Crippen LogP contribution in [0.2, 0.25) is 0 Å². The van der Waals surface area contributed by atoms with Gasteiger partial charge in [-0.25, -0.2) is 5.21 Å². The van der Waals surface area contributed by atoms with Gasteiger partial charge in [0, 0.05) is 0 Å². The van der Waals surface area contributed by atoms with Crippen LogP contribution in [-0.4, -0.2) is 29.5 Å². The van der Waals surface area contributed by atoms with E-state index >= 15 is 0 Å². The molecule has 0 bridgehead atoms. The van der Waals surface area contributed by atoms with Crippen molar-refractivity contribution < 1.29 is 9.85 Å². The average molecular weight is 511 g/mol. The SMILES string of the molecule is CCCCCCCCCCCCCCCC[N+](O)(CC)CCCCCCCCCCCCCCCC. The van der Waals surface area contributed by atoms with Gasteiger partial charge in [0.1, 0.15) is 19.6 Å². The number of hydroxylamine groups is 3. The Morgan fingerprint density at radius 2 is 0.500 bits per heavy atom. The summed E-state index contributed by atoms with van der Waals surface area (Å²) in [6.07, 6.45) is 39.2. The van der Waals surface area contributed by atoms with E-state index in [1.54, 1.807) is 0 Å². The third-order valence-electron chi connectivity index (χ3n) is 8.44. The maximum atomic E-state index is 10.9. The Hall–Kier alpha value is -0.0800. The molecule has 0 aliphatic rings. The molecule has 0 aliphatic carbocycles. The zero-order chi connectivity index (χ0) is 26.4. The lowest BCUT2D eigenvalue weighted by molar-refractivity contribution is -1.10. The molecule has 0 saturated carbocycles. The molecule has 0 aromatic heterocycles. The van der Waals surface area contributed by atoms with E-state index in [1.807, 2.05) is 0 Å². The molecule has 0 aliphatic heterocycles. The average Bonchev–Trinajstić information content (AvgIpc) is 2.89. The Balaban J connectivity index is 3.41. The summed E-state index contributed by atoms with van der Waals surface area (Å²) in [6.45, 7) is 9.56. The predicted molar refractivity (Wildman–Crippen MR) is 163 cm³/mol. The van der Waals surface area contributed by atoms with Crippen molar-refractivity contribution in [2.45, 2.75) is 201 Å². The highest BCUT2D eigenvalue weighted by Crippen LogP contribution is 2.16. The van der Waals surface area contributed by atoms with Crippen molar-refractivity contribution in [3.63, 3.8) is 0 Å². The van der Waals surface area contributed by atoms with Crippen LogP contribution in [-0.2, 0) is 0 Å². The van der Waals surface area contributed by atoms with Crippen LogP contribution in [0.1, 0.15) is 201 Å². The highest BCUT2D eigenvalue weighted by atomic mass is 16.5. The second kappa shape index (κ2) is 29.5. The van der Waals surface area contributed by atoms with Crippen LogP contribution in [0.5, 0.6) is 0 Å². The van der Waals surface area contributed by atoms with E-state index in [0.29, 0.717) is 4.65 Å². The quantitative estimate of drug-likeness (QED) is 0.0558. The summed E-state index contributed by atoms with van der Waals surface area (Å²) in [5.74, 6) is 0. The van der Waals surface area contributed by atoms with Crippen LogP contribution < -0.4 is 0 Å². The zero-order valence-corrected chi connectivity index (χ0v) is 25.8. The molecule has 2 nitrogen and oxygen atoms in total. The first-order chi connectivity index (χ1) is 17.7. The molecule has 0 aromatic rings. The van der Waals surface area contributed by atoms with E-state index < -0.39 is 0 Å². The van der Waals surface area contributed by atoms with Crippen LogP contribution >= 0.6 is 0 Å². The maximum Gasteiger partial charge on any atom is 0.109 e. The molecule has 0 radical (unpaired) electrons. The second-order valence-corrected chi connectivity index (χ2v) is 12.1. The van der Waals surface area contributed by atoms with E-state index in [-0.39, 0.29) is 0 Å². The zero-order valence-electron chi connectivity index (χ0n) is 25.8. The smallest absolute Gasteiger partial charge is 0.109 e. The van der Waals surface area contributed by atoms with Crippen LogP contribution in [0.25, 0.3) is 0 Å². The Morgan fingerprint density at radius 1 is 0.306 bits per heavy atom. The molecule has 0 saturated heterocycles. The fraction of sp³-hybridized carbons (Fsp3) is 1.00. The Labute approximate surface area is 230 Å². The van der Waals surface area contributed by atoms with Gasteiger partial charge in [-0.05, 0) is 32.6 Å². The van der Waals surface area contributed by atoms with Crippen LogP contribution in [0.4, 0.5) is 0 Å². The van der Waals surface area contributed by atoms with Gasteiger partial charge >= 0.3 is 0 Å². The van der Waals surface area contributed by atoms with Crippen molar-refractivity contribution in [1.29, 1.82) is 0 Å². The molecular formula is C34H72NO+. The lowest BCUT2D eigenvalue weighted by atomic mass is 10.0. The van der Waals surface area contributed by atoms with Gasteiger partial charge in [-0.3, -0.25) is 0 Å². The summed E-state index contributed by atoms with van der Waals surface area (Å²) >= 11 is 0. The van der Waals surface area contributed by atoms with E-state index in [9.17, 15) is 5.21 Å². The second-order valence-electron chi connectivity index (χ2n) is 12.1. The van der Waals surface area contributed by atoms with Gasteiger partial charge in [-0.1, -0.05) is 168 Å². The summed E-state index contributed by atoms with van der Waals surface area (Å²) in [5, 5.41) is 10.9. The first-order valence-electron chi connectivity index (χ1n) is 17.3. The van der Waals surface area contributed by atoms with E-state index in [1.165, 1.54) is 180 Å². The minimum Gasteiger partial charge on any atom is -0.217 e. The largest absolute Gasteiger partial charge is 0.217 e. The highest BCUT2D eigenvalue weighted by Gasteiger charge is 2.21. The molecule has 0 rings (SSSR count). The third kappa shape index (κ3) is 27.0. The Kier molecular flexibility index (Phi) is 29.4. The van der Waals surface area contributed by atoms with Crippen molar-refractivity contribution >= 4 is 0 Å². The molecule has 0 aromatic carbocycles. The number of rotatable bonds is 31. The van der Waals surface area contributed by atoms with Crippen molar-refractivity contribution in [3.05, 3.63) is 0 Å². The molecule has 218 valence electrons. The summed E-state index contributed by atoms with van der Waals surface area (Å²) in [7, 11) is 0. The predicted octanol–water partition coefficient (Wildman–Crippen LogP) is 12.2. The van der Waals surface area contributed by atoms with Gasteiger partial charge in [0.15, 0.2) is 0 Å². The number of nitrogens with zero attached hydrogens (tertiary/aromatic N) is 1. The fourth-order valence-corrected chi connectivity index (χ4v) is 5.63. The summed E-state index contributed by atoms with van der Waals surface area (Å²) in [6, 6.07) is 0. The molecule has 1 N–H and O–H groups in total. The van der Waals surface area contributed by atoms with Crippen LogP contribution in [0.3, 0.4) is 0 Å². The van der Waals surface area contributed by atoms with Gasteiger partial charge in [0.25, 0.3) is 0 Å². The first-order valence-corrected chi connectivity index (χ1v) is 17.3. The monoisotopic (exact) mass is 511 g/mol. The summed E-state index contributed by atoms with van der Waals surface area (Å²) in [4.78, 5) is 0. The third-order valence-corrected chi connectivity index (χ3v) is 8.44. The lowest BCUT2D eigenvalue weighted by Crippen LogP contribution is -2.46. The lowest BCUT2D eigenvalue weighted by Gasteiger charge is -2.29. The molecule has 0 amide bonds.